The minimum absolute atomic E-state index is 0.0718. The Kier molecular flexibility index (Phi) is 4.35. The molecule has 146 valence electrons. The average Bonchev–Trinajstić information content (AvgIpc) is 2.73. The molecule has 0 aliphatic carbocycles. The number of non-ortho nitro benzene ring substituents is 1. The molecule has 2 aliphatic rings. The van der Waals surface area contributed by atoms with Gasteiger partial charge in [0.2, 0.25) is 0 Å². The Morgan fingerprint density at radius 3 is 2.83 bits per heavy atom. The number of nitro benzene ring substituents is 1. The summed E-state index contributed by atoms with van der Waals surface area (Å²) in [6.45, 7) is 0.833. The first kappa shape index (κ1) is 17.9. The van der Waals surface area contributed by atoms with E-state index in [-0.39, 0.29) is 22.6 Å². The van der Waals surface area contributed by atoms with Gasteiger partial charge in [0.15, 0.2) is 0 Å². The van der Waals surface area contributed by atoms with E-state index >= 15 is 0 Å². The summed E-state index contributed by atoms with van der Waals surface area (Å²) in [4.78, 5) is 23.3. The zero-order valence-electron chi connectivity index (χ0n) is 15.8. The molecule has 1 aromatic heterocycles. The maximum atomic E-state index is 11.2. The Hall–Kier alpha value is -3.13. The van der Waals surface area contributed by atoms with Crippen LogP contribution in [-0.4, -0.2) is 28.5 Å². The van der Waals surface area contributed by atoms with Gasteiger partial charge >= 0.3 is 0 Å². The van der Waals surface area contributed by atoms with E-state index < -0.39 is 0 Å². The highest BCUT2D eigenvalue weighted by Gasteiger charge is 2.39. The maximum Gasteiger partial charge on any atom is 0.269 e. The lowest BCUT2D eigenvalue weighted by atomic mass is 9.81. The van der Waals surface area contributed by atoms with Crippen LogP contribution in [0.2, 0.25) is 0 Å². The van der Waals surface area contributed by atoms with Gasteiger partial charge in [-0.15, -0.1) is 0 Å². The lowest BCUT2D eigenvalue weighted by molar-refractivity contribution is -0.384. The molecule has 5 rings (SSSR count). The number of benzene rings is 2. The topological polar surface area (TPSA) is 84.2 Å². The van der Waals surface area contributed by atoms with E-state index in [2.05, 4.69) is 32.3 Å². The third-order valence-electron chi connectivity index (χ3n) is 5.53. The van der Waals surface area contributed by atoms with E-state index in [1.54, 1.807) is 30.2 Å². The molecule has 7 nitrogen and oxygen atoms in total. The van der Waals surface area contributed by atoms with Crippen molar-refractivity contribution in [1.82, 2.24) is 9.97 Å². The molecule has 0 bridgehead atoms. The van der Waals surface area contributed by atoms with Gasteiger partial charge in [0.25, 0.3) is 5.69 Å². The number of rotatable bonds is 3. The number of hydrogen-bond donors (Lipinski definition) is 1. The Morgan fingerprint density at radius 1 is 1.21 bits per heavy atom. The Morgan fingerprint density at radius 2 is 2.03 bits per heavy atom. The van der Waals surface area contributed by atoms with Crippen LogP contribution in [0.3, 0.4) is 0 Å². The quantitative estimate of drug-likeness (QED) is 0.395. The van der Waals surface area contributed by atoms with Gasteiger partial charge in [0.05, 0.1) is 11.0 Å². The molecule has 2 atom stereocenters. The van der Waals surface area contributed by atoms with E-state index in [0.717, 1.165) is 45.5 Å². The maximum absolute atomic E-state index is 11.2. The van der Waals surface area contributed by atoms with Gasteiger partial charge in [0, 0.05) is 47.8 Å². The van der Waals surface area contributed by atoms with Crippen LogP contribution in [-0.2, 0) is 6.42 Å². The summed E-state index contributed by atoms with van der Waals surface area (Å²) in [6, 6.07) is 15.3. The zero-order chi connectivity index (χ0) is 20.0. The third-order valence-corrected chi connectivity index (χ3v) is 6.56. The van der Waals surface area contributed by atoms with Crippen LogP contribution in [0.15, 0.2) is 64.8 Å². The van der Waals surface area contributed by atoms with Crippen LogP contribution in [0.5, 0.6) is 0 Å². The number of nitro groups is 1. The molecule has 0 unspecified atom stereocenters. The standard InChI is InChI=1S/C21H19N5O2S/c1-25-11-14-9-13-10-15(26(27)28)7-8-17(13)24-19(14)18-20(25)22-12-23-21(18)29-16-5-3-2-4-6-16/h2-8,10,12,14,19,24H,9,11H2,1H3/t14-,19-/m1/s1. The smallest absolute Gasteiger partial charge is 0.269 e. The molecule has 2 aliphatic heterocycles. The fourth-order valence-corrected chi connectivity index (χ4v) is 5.18. The first-order chi connectivity index (χ1) is 14.1. The molecule has 0 radical (unpaired) electrons. The summed E-state index contributed by atoms with van der Waals surface area (Å²) >= 11 is 1.64. The van der Waals surface area contributed by atoms with E-state index in [4.69, 9.17) is 0 Å². The third kappa shape index (κ3) is 3.19. The summed E-state index contributed by atoms with van der Waals surface area (Å²) in [5.41, 5.74) is 3.18. The molecule has 0 spiro atoms. The lowest BCUT2D eigenvalue weighted by Crippen LogP contribution is -2.42. The Bertz CT molecular complexity index is 1090. The highest BCUT2D eigenvalue weighted by molar-refractivity contribution is 7.99. The molecule has 0 saturated heterocycles. The number of anilines is 2. The van der Waals surface area contributed by atoms with Crippen molar-refractivity contribution in [2.24, 2.45) is 5.92 Å². The largest absolute Gasteiger partial charge is 0.377 e. The number of hydrogen-bond acceptors (Lipinski definition) is 7. The lowest BCUT2D eigenvalue weighted by Gasteiger charge is -2.43. The van der Waals surface area contributed by atoms with Gasteiger partial charge in [-0.1, -0.05) is 30.0 Å². The van der Waals surface area contributed by atoms with E-state index in [0.29, 0.717) is 0 Å². The van der Waals surface area contributed by atoms with Gasteiger partial charge in [-0.2, -0.15) is 0 Å². The van der Waals surface area contributed by atoms with E-state index in [1.165, 1.54) is 0 Å². The van der Waals surface area contributed by atoms with Gasteiger partial charge < -0.3 is 10.2 Å². The van der Waals surface area contributed by atoms with Gasteiger partial charge in [0.1, 0.15) is 17.2 Å². The van der Waals surface area contributed by atoms with Crippen molar-refractivity contribution in [3.63, 3.8) is 0 Å². The molecule has 2 aromatic carbocycles. The predicted molar refractivity (Wildman–Crippen MR) is 113 cm³/mol. The number of nitrogens with zero attached hydrogens (tertiary/aromatic N) is 4. The van der Waals surface area contributed by atoms with Gasteiger partial charge in [-0.3, -0.25) is 10.1 Å². The SMILES string of the molecule is CN1C[C@H]2Cc3cc([N+](=O)[O-])ccc3N[C@H]2c2c(Sc3ccccc3)ncnc21. The van der Waals surface area contributed by atoms with Gasteiger partial charge in [-0.25, -0.2) is 9.97 Å². The highest BCUT2D eigenvalue weighted by Crippen LogP contribution is 2.47. The molecule has 3 aromatic rings. The molecular weight excluding hydrogens is 386 g/mol. The Labute approximate surface area is 172 Å². The van der Waals surface area contributed by atoms with Crippen molar-refractivity contribution in [2.45, 2.75) is 22.4 Å². The van der Waals surface area contributed by atoms with Crippen LogP contribution < -0.4 is 10.2 Å². The van der Waals surface area contributed by atoms with Crippen molar-refractivity contribution in [1.29, 1.82) is 0 Å². The predicted octanol–water partition coefficient (Wildman–Crippen LogP) is 4.31. The van der Waals surface area contributed by atoms with Gasteiger partial charge in [-0.05, 0) is 30.2 Å². The van der Waals surface area contributed by atoms with Crippen molar-refractivity contribution < 1.29 is 4.92 Å². The number of aromatic nitrogens is 2. The van der Waals surface area contributed by atoms with Crippen LogP contribution in [0.1, 0.15) is 17.2 Å². The molecule has 0 saturated carbocycles. The minimum Gasteiger partial charge on any atom is -0.377 e. The second-order valence-corrected chi connectivity index (χ2v) is 8.46. The summed E-state index contributed by atoms with van der Waals surface area (Å²) in [5, 5.41) is 15.7. The van der Waals surface area contributed by atoms with E-state index in [9.17, 15) is 10.1 Å². The summed E-state index contributed by atoms with van der Waals surface area (Å²) < 4.78 is 0. The molecule has 29 heavy (non-hydrogen) atoms. The van der Waals surface area contributed by atoms with Crippen LogP contribution in [0.25, 0.3) is 0 Å². The van der Waals surface area contributed by atoms with Crippen LogP contribution in [0.4, 0.5) is 17.2 Å². The molecule has 0 amide bonds. The van der Waals surface area contributed by atoms with Crippen molar-refractivity contribution >= 4 is 29.0 Å². The van der Waals surface area contributed by atoms with Crippen LogP contribution in [0, 0.1) is 16.0 Å². The first-order valence-corrected chi connectivity index (χ1v) is 10.2. The molecular formula is C21H19N5O2S. The molecule has 1 N–H and O–H groups in total. The summed E-state index contributed by atoms with van der Waals surface area (Å²) in [5.74, 6) is 1.22. The summed E-state index contributed by atoms with van der Waals surface area (Å²) in [7, 11) is 2.04. The zero-order valence-corrected chi connectivity index (χ0v) is 16.6. The second kappa shape index (κ2) is 7.04. The second-order valence-electron chi connectivity index (χ2n) is 7.40. The normalized spacial score (nSPS) is 19.6. The monoisotopic (exact) mass is 405 g/mol. The van der Waals surface area contributed by atoms with E-state index in [1.807, 2.05) is 31.3 Å². The first-order valence-electron chi connectivity index (χ1n) is 9.43. The van der Waals surface area contributed by atoms with Crippen LogP contribution >= 0.6 is 11.8 Å². The number of nitrogens with one attached hydrogen (secondary N) is 1. The fourth-order valence-electron chi connectivity index (χ4n) is 4.23. The summed E-state index contributed by atoms with van der Waals surface area (Å²) in [6.07, 6.45) is 2.41. The number of fused-ring (bicyclic) bond motifs is 4. The Balaban J connectivity index is 1.56. The van der Waals surface area contributed by atoms with Crippen molar-refractivity contribution in [2.75, 3.05) is 23.8 Å². The van der Waals surface area contributed by atoms with Crippen molar-refractivity contribution in [3.8, 4) is 0 Å². The molecule has 0 fully saturated rings. The average molecular weight is 405 g/mol. The fraction of sp³-hybridized carbons (Fsp3) is 0.238. The van der Waals surface area contributed by atoms with Crippen molar-refractivity contribution in [3.05, 3.63) is 76.1 Å². The minimum atomic E-state index is -0.336. The molecule has 8 heteroatoms. The highest BCUT2D eigenvalue weighted by atomic mass is 32.2. The molecule has 3 heterocycles.